The van der Waals surface area contributed by atoms with Gasteiger partial charge in [-0.25, -0.2) is 4.98 Å². The van der Waals surface area contributed by atoms with E-state index in [-0.39, 0.29) is 6.61 Å². The molecule has 0 spiro atoms. The number of hydrogen-bond acceptors (Lipinski definition) is 4. The highest BCUT2D eigenvalue weighted by molar-refractivity contribution is 7.09. The van der Waals surface area contributed by atoms with Gasteiger partial charge in [-0.1, -0.05) is 30.3 Å². The van der Waals surface area contributed by atoms with Gasteiger partial charge in [-0.3, -0.25) is 0 Å². The molecule has 3 nitrogen and oxygen atoms in total. The van der Waals surface area contributed by atoms with Crippen LogP contribution in [0.5, 0.6) is 0 Å². The van der Waals surface area contributed by atoms with E-state index in [1.54, 1.807) is 11.3 Å². The van der Waals surface area contributed by atoms with Crippen molar-refractivity contribution in [1.29, 1.82) is 0 Å². The lowest BCUT2D eigenvalue weighted by atomic mass is 10.2. The molecule has 1 heterocycles. The topological polar surface area (TPSA) is 45.1 Å². The summed E-state index contributed by atoms with van der Waals surface area (Å²) >= 11 is 1.69. The zero-order chi connectivity index (χ0) is 12.6. The summed E-state index contributed by atoms with van der Waals surface area (Å²) in [5, 5.41) is 15.2. The molecule has 0 bridgehead atoms. The lowest BCUT2D eigenvalue weighted by Crippen LogP contribution is -2.14. The van der Waals surface area contributed by atoms with Crippen molar-refractivity contribution in [2.45, 2.75) is 19.4 Å². The van der Waals surface area contributed by atoms with Gasteiger partial charge in [0.05, 0.1) is 5.69 Å². The van der Waals surface area contributed by atoms with Gasteiger partial charge in [0, 0.05) is 24.1 Å². The van der Waals surface area contributed by atoms with E-state index >= 15 is 0 Å². The molecule has 2 rings (SSSR count). The molecule has 0 amide bonds. The Hall–Kier alpha value is -1.23. The van der Waals surface area contributed by atoms with E-state index in [1.807, 2.05) is 18.2 Å². The Morgan fingerprint density at radius 2 is 2.00 bits per heavy atom. The van der Waals surface area contributed by atoms with Gasteiger partial charge in [-0.15, -0.1) is 11.3 Å². The second kappa shape index (κ2) is 7.26. The number of unbranched alkanes of at least 4 members (excludes halogenated alkanes) is 1. The number of thiazole rings is 1. The average molecular weight is 262 g/mol. The molecule has 4 heteroatoms. The molecule has 0 fully saturated rings. The normalized spacial score (nSPS) is 10.7. The number of aliphatic hydroxyl groups is 1. The largest absolute Gasteiger partial charge is 0.396 e. The monoisotopic (exact) mass is 262 g/mol. The minimum absolute atomic E-state index is 0.275. The fourth-order valence-corrected chi connectivity index (χ4v) is 2.46. The molecule has 0 aliphatic carbocycles. The van der Waals surface area contributed by atoms with E-state index < -0.39 is 0 Å². The quantitative estimate of drug-likeness (QED) is 0.754. The van der Waals surface area contributed by atoms with Crippen LogP contribution in [0.15, 0.2) is 35.7 Å². The molecule has 0 saturated heterocycles. The Bertz CT molecular complexity index is 456. The molecule has 2 N–H and O–H groups in total. The van der Waals surface area contributed by atoms with Crippen molar-refractivity contribution >= 4 is 11.3 Å². The summed E-state index contributed by atoms with van der Waals surface area (Å²) < 4.78 is 0. The third-order valence-electron chi connectivity index (χ3n) is 2.66. The molecule has 0 aliphatic heterocycles. The van der Waals surface area contributed by atoms with Gasteiger partial charge in [0.1, 0.15) is 5.01 Å². The number of hydrogen-bond donors (Lipinski definition) is 2. The molecule has 0 saturated carbocycles. The number of aromatic nitrogens is 1. The molecule has 2 aromatic rings. The van der Waals surface area contributed by atoms with Crippen molar-refractivity contribution in [3.8, 4) is 11.3 Å². The third kappa shape index (κ3) is 3.91. The summed E-state index contributed by atoms with van der Waals surface area (Å²) in [5.74, 6) is 0. The average Bonchev–Trinajstić information content (AvgIpc) is 2.88. The molecule has 18 heavy (non-hydrogen) atoms. The molecule has 96 valence electrons. The van der Waals surface area contributed by atoms with Crippen LogP contribution in [0.25, 0.3) is 11.3 Å². The molecule has 1 aromatic carbocycles. The van der Waals surface area contributed by atoms with Crippen molar-refractivity contribution in [3.63, 3.8) is 0 Å². The second-order valence-electron chi connectivity index (χ2n) is 4.10. The SMILES string of the molecule is OCCCCNCc1nc(-c2ccccc2)cs1. The predicted octanol–water partition coefficient (Wildman–Crippen LogP) is 2.67. The van der Waals surface area contributed by atoms with E-state index in [4.69, 9.17) is 5.11 Å². The summed E-state index contributed by atoms with van der Waals surface area (Å²) in [4.78, 5) is 4.60. The first-order valence-corrected chi connectivity index (χ1v) is 7.09. The van der Waals surface area contributed by atoms with Gasteiger partial charge in [-0.05, 0) is 19.4 Å². The summed E-state index contributed by atoms with van der Waals surface area (Å²) in [6.07, 6.45) is 1.87. The first kappa shape index (κ1) is 13.2. The van der Waals surface area contributed by atoms with E-state index in [0.29, 0.717) is 0 Å². The van der Waals surface area contributed by atoms with Crippen LogP contribution in [-0.2, 0) is 6.54 Å². The van der Waals surface area contributed by atoms with Crippen LogP contribution in [0.3, 0.4) is 0 Å². The van der Waals surface area contributed by atoms with Crippen molar-refractivity contribution in [2.24, 2.45) is 0 Å². The van der Waals surface area contributed by atoms with E-state index in [2.05, 4.69) is 27.8 Å². The Balaban J connectivity index is 1.83. The molecular formula is C14H18N2OS. The van der Waals surface area contributed by atoms with Crippen LogP contribution in [0.2, 0.25) is 0 Å². The highest BCUT2D eigenvalue weighted by atomic mass is 32.1. The molecule has 0 aliphatic rings. The summed E-state index contributed by atoms with van der Waals surface area (Å²) in [6.45, 7) is 2.01. The highest BCUT2D eigenvalue weighted by Gasteiger charge is 2.03. The standard InChI is InChI=1S/C14H18N2OS/c17-9-5-4-8-15-10-14-16-13(11-18-14)12-6-2-1-3-7-12/h1-3,6-7,11,15,17H,4-5,8-10H2. The van der Waals surface area contributed by atoms with Crippen LogP contribution >= 0.6 is 11.3 Å². The van der Waals surface area contributed by atoms with Crippen LogP contribution in [0.1, 0.15) is 17.8 Å². The van der Waals surface area contributed by atoms with Gasteiger partial charge >= 0.3 is 0 Å². The number of nitrogens with one attached hydrogen (secondary N) is 1. The summed E-state index contributed by atoms with van der Waals surface area (Å²) in [7, 11) is 0. The highest BCUT2D eigenvalue weighted by Crippen LogP contribution is 2.21. The first-order valence-electron chi connectivity index (χ1n) is 6.21. The maximum atomic E-state index is 8.67. The Kier molecular flexibility index (Phi) is 5.33. The third-order valence-corrected chi connectivity index (χ3v) is 3.51. The second-order valence-corrected chi connectivity index (χ2v) is 5.04. The van der Waals surface area contributed by atoms with Gasteiger partial charge in [0.2, 0.25) is 0 Å². The van der Waals surface area contributed by atoms with Gasteiger partial charge < -0.3 is 10.4 Å². The Morgan fingerprint density at radius 1 is 1.17 bits per heavy atom. The zero-order valence-corrected chi connectivity index (χ0v) is 11.1. The molecule has 0 radical (unpaired) electrons. The minimum Gasteiger partial charge on any atom is -0.396 e. The van der Waals surface area contributed by atoms with Crippen LogP contribution in [0, 0.1) is 0 Å². The maximum Gasteiger partial charge on any atom is 0.107 e. The number of aliphatic hydroxyl groups excluding tert-OH is 1. The minimum atomic E-state index is 0.275. The van der Waals surface area contributed by atoms with Crippen molar-refractivity contribution in [3.05, 3.63) is 40.7 Å². The Labute approximate surface area is 112 Å². The molecular weight excluding hydrogens is 244 g/mol. The van der Waals surface area contributed by atoms with Crippen molar-refractivity contribution < 1.29 is 5.11 Å². The number of nitrogens with zero attached hydrogens (tertiary/aromatic N) is 1. The first-order chi connectivity index (χ1) is 8.90. The fourth-order valence-electron chi connectivity index (χ4n) is 1.69. The summed E-state index contributed by atoms with van der Waals surface area (Å²) in [6, 6.07) is 10.2. The van der Waals surface area contributed by atoms with E-state index in [0.717, 1.165) is 36.6 Å². The lowest BCUT2D eigenvalue weighted by Gasteiger charge is -2.00. The lowest BCUT2D eigenvalue weighted by molar-refractivity contribution is 0.283. The predicted molar refractivity (Wildman–Crippen MR) is 75.6 cm³/mol. The van der Waals surface area contributed by atoms with Gasteiger partial charge in [-0.2, -0.15) is 0 Å². The molecule has 1 aromatic heterocycles. The van der Waals surface area contributed by atoms with E-state index in [9.17, 15) is 0 Å². The van der Waals surface area contributed by atoms with Crippen molar-refractivity contribution in [1.82, 2.24) is 10.3 Å². The van der Waals surface area contributed by atoms with Crippen molar-refractivity contribution in [2.75, 3.05) is 13.2 Å². The zero-order valence-electron chi connectivity index (χ0n) is 10.3. The van der Waals surface area contributed by atoms with Gasteiger partial charge in [0.15, 0.2) is 0 Å². The maximum absolute atomic E-state index is 8.67. The summed E-state index contributed by atoms with van der Waals surface area (Å²) in [5.41, 5.74) is 2.22. The molecule has 0 atom stereocenters. The van der Waals surface area contributed by atoms with Crippen LogP contribution in [0.4, 0.5) is 0 Å². The fraction of sp³-hybridized carbons (Fsp3) is 0.357. The smallest absolute Gasteiger partial charge is 0.107 e. The van der Waals surface area contributed by atoms with Crippen LogP contribution < -0.4 is 5.32 Å². The van der Waals surface area contributed by atoms with Crippen LogP contribution in [-0.4, -0.2) is 23.2 Å². The van der Waals surface area contributed by atoms with Gasteiger partial charge in [0.25, 0.3) is 0 Å². The number of benzene rings is 1. The Morgan fingerprint density at radius 3 is 2.78 bits per heavy atom. The molecule has 0 unspecified atom stereocenters. The number of rotatable bonds is 7. The van der Waals surface area contributed by atoms with E-state index in [1.165, 1.54) is 5.56 Å².